The molecule has 2 aromatic carbocycles. The number of nitrogens with one attached hydrogen (secondary N) is 1. The molecule has 23 heavy (non-hydrogen) atoms. The lowest BCUT2D eigenvalue weighted by Gasteiger charge is -2.32. The zero-order valence-electron chi connectivity index (χ0n) is 14.1. The third kappa shape index (κ3) is 4.17. The minimum Gasteiger partial charge on any atom is -0.352 e. The molecule has 0 aliphatic rings. The normalized spacial score (nSPS) is 14.7. The van der Waals surface area contributed by atoms with Crippen LogP contribution in [0.2, 0.25) is 0 Å². The Morgan fingerprint density at radius 2 is 1.61 bits per heavy atom. The monoisotopic (exact) mass is 327 g/mol. The third-order valence-corrected chi connectivity index (χ3v) is 5.70. The van der Waals surface area contributed by atoms with E-state index in [4.69, 9.17) is 0 Å². The van der Waals surface area contributed by atoms with Gasteiger partial charge in [0.05, 0.1) is 0 Å². The molecule has 1 amide bonds. The van der Waals surface area contributed by atoms with Crippen LogP contribution in [0.5, 0.6) is 0 Å². The van der Waals surface area contributed by atoms with E-state index >= 15 is 0 Å². The number of benzene rings is 2. The van der Waals surface area contributed by atoms with Crippen LogP contribution in [-0.4, -0.2) is 11.9 Å². The van der Waals surface area contributed by atoms with Crippen molar-refractivity contribution in [3.8, 4) is 0 Å². The lowest BCUT2D eigenvalue weighted by Crippen LogP contribution is -2.45. The van der Waals surface area contributed by atoms with Crippen molar-refractivity contribution in [3.05, 3.63) is 66.2 Å². The van der Waals surface area contributed by atoms with Gasteiger partial charge >= 0.3 is 0 Å². The Morgan fingerprint density at radius 3 is 2.13 bits per heavy atom. The summed E-state index contributed by atoms with van der Waals surface area (Å²) in [5.41, 5.74) is 1.05. The first-order valence-electron chi connectivity index (χ1n) is 8.23. The van der Waals surface area contributed by atoms with E-state index in [2.05, 4.69) is 50.4 Å². The van der Waals surface area contributed by atoms with Crippen molar-refractivity contribution in [2.45, 2.75) is 49.3 Å². The van der Waals surface area contributed by atoms with E-state index in [-0.39, 0.29) is 11.9 Å². The molecule has 1 unspecified atom stereocenters. The molecule has 0 heterocycles. The molecule has 122 valence electrons. The Hall–Kier alpha value is -1.74. The highest BCUT2D eigenvalue weighted by Gasteiger charge is 2.40. The molecule has 3 heteroatoms. The fourth-order valence-electron chi connectivity index (χ4n) is 2.51. The fraction of sp³-hybridized carbons (Fsp3) is 0.350. The first kappa shape index (κ1) is 17.6. The van der Waals surface area contributed by atoms with Gasteiger partial charge in [-0.3, -0.25) is 4.79 Å². The molecule has 2 nitrogen and oxygen atoms in total. The molecule has 0 aliphatic heterocycles. The Balaban J connectivity index is 2.42. The Labute approximate surface area is 143 Å². The van der Waals surface area contributed by atoms with E-state index < -0.39 is 4.75 Å². The van der Waals surface area contributed by atoms with Gasteiger partial charge in [-0.15, -0.1) is 11.8 Å². The van der Waals surface area contributed by atoms with Crippen LogP contribution in [0, 0.1) is 0 Å². The van der Waals surface area contributed by atoms with Crippen molar-refractivity contribution < 1.29 is 4.79 Å². The number of thioether (sulfide) groups is 1. The molecule has 0 spiro atoms. The van der Waals surface area contributed by atoms with Crippen molar-refractivity contribution in [1.29, 1.82) is 0 Å². The Morgan fingerprint density at radius 1 is 1.04 bits per heavy atom. The summed E-state index contributed by atoms with van der Waals surface area (Å²) in [5.74, 6) is 0.0920. The van der Waals surface area contributed by atoms with Gasteiger partial charge in [0.25, 0.3) is 0 Å². The SMILES string of the molecule is CCC(C)NC(=O)[C@@](CC)(Sc1ccccc1)c1ccccc1. The van der Waals surface area contributed by atoms with E-state index in [1.54, 1.807) is 11.8 Å². The molecule has 2 aromatic rings. The van der Waals surface area contributed by atoms with Gasteiger partial charge in [-0.25, -0.2) is 0 Å². The minimum absolute atomic E-state index is 0.0920. The van der Waals surface area contributed by atoms with Crippen LogP contribution in [0.3, 0.4) is 0 Å². The van der Waals surface area contributed by atoms with E-state index in [1.165, 1.54) is 0 Å². The van der Waals surface area contributed by atoms with Crippen molar-refractivity contribution in [1.82, 2.24) is 5.32 Å². The van der Waals surface area contributed by atoms with Crippen LogP contribution in [0.15, 0.2) is 65.6 Å². The summed E-state index contributed by atoms with van der Waals surface area (Å²) < 4.78 is -0.605. The third-order valence-electron chi connectivity index (χ3n) is 4.13. The standard InChI is InChI=1S/C20H25NOS/c1-4-16(3)21-19(22)20(5-2,17-12-8-6-9-13-17)23-18-14-10-7-11-15-18/h6-16H,4-5H2,1-3H3,(H,21,22)/t16?,20-/m0/s1. The van der Waals surface area contributed by atoms with Gasteiger partial charge in [-0.2, -0.15) is 0 Å². The van der Waals surface area contributed by atoms with E-state index in [1.807, 2.05) is 36.4 Å². The second-order valence-corrected chi connectivity index (χ2v) is 7.12. The summed E-state index contributed by atoms with van der Waals surface area (Å²) in [4.78, 5) is 14.2. The molecule has 0 fully saturated rings. The van der Waals surface area contributed by atoms with Crippen molar-refractivity contribution in [2.75, 3.05) is 0 Å². The number of hydrogen-bond donors (Lipinski definition) is 1. The van der Waals surface area contributed by atoms with Gasteiger partial charge in [0.2, 0.25) is 5.91 Å². The predicted molar refractivity (Wildman–Crippen MR) is 98.6 cm³/mol. The highest BCUT2D eigenvalue weighted by atomic mass is 32.2. The van der Waals surface area contributed by atoms with Gasteiger partial charge in [0, 0.05) is 10.9 Å². The molecule has 0 saturated carbocycles. The summed E-state index contributed by atoms with van der Waals surface area (Å²) in [5, 5.41) is 3.18. The van der Waals surface area contributed by atoms with Crippen LogP contribution >= 0.6 is 11.8 Å². The molecule has 2 atom stereocenters. The molecule has 1 N–H and O–H groups in total. The maximum Gasteiger partial charge on any atom is 0.241 e. The number of amides is 1. The van der Waals surface area contributed by atoms with Crippen LogP contribution in [0.4, 0.5) is 0 Å². The average Bonchev–Trinajstić information content (AvgIpc) is 2.61. The first-order chi connectivity index (χ1) is 11.1. The van der Waals surface area contributed by atoms with Gasteiger partial charge < -0.3 is 5.32 Å². The Kier molecular flexibility index (Phi) is 6.28. The highest BCUT2D eigenvalue weighted by molar-refractivity contribution is 8.01. The van der Waals surface area contributed by atoms with Gasteiger partial charge in [-0.1, -0.05) is 62.4 Å². The topological polar surface area (TPSA) is 29.1 Å². The molecule has 0 saturated heterocycles. The summed E-state index contributed by atoms with van der Waals surface area (Å²) in [6, 6.07) is 20.4. The molecule has 0 aromatic heterocycles. The lowest BCUT2D eigenvalue weighted by molar-refractivity contribution is -0.124. The average molecular weight is 327 g/mol. The van der Waals surface area contributed by atoms with Gasteiger partial charge in [0.1, 0.15) is 4.75 Å². The van der Waals surface area contributed by atoms with Crippen LogP contribution < -0.4 is 5.32 Å². The van der Waals surface area contributed by atoms with Crippen LogP contribution in [0.25, 0.3) is 0 Å². The Bertz CT molecular complexity index is 614. The van der Waals surface area contributed by atoms with E-state index in [0.29, 0.717) is 0 Å². The summed E-state index contributed by atoms with van der Waals surface area (Å²) >= 11 is 1.64. The lowest BCUT2D eigenvalue weighted by atomic mass is 9.94. The summed E-state index contributed by atoms with van der Waals surface area (Å²) in [7, 11) is 0. The number of rotatable bonds is 7. The molecular weight excluding hydrogens is 302 g/mol. The van der Waals surface area contributed by atoms with E-state index in [9.17, 15) is 4.79 Å². The van der Waals surface area contributed by atoms with Crippen molar-refractivity contribution in [2.24, 2.45) is 0 Å². The smallest absolute Gasteiger partial charge is 0.241 e. The van der Waals surface area contributed by atoms with Crippen molar-refractivity contribution >= 4 is 17.7 Å². The van der Waals surface area contributed by atoms with Gasteiger partial charge in [-0.05, 0) is 37.5 Å². The zero-order valence-corrected chi connectivity index (χ0v) is 14.9. The first-order valence-corrected chi connectivity index (χ1v) is 9.04. The second kappa shape index (κ2) is 8.21. The number of carbonyl (C=O) groups is 1. The van der Waals surface area contributed by atoms with Crippen LogP contribution in [0.1, 0.15) is 39.2 Å². The maximum atomic E-state index is 13.1. The number of hydrogen-bond acceptors (Lipinski definition) is 2. The quantitative estimate of drug-likeness (QED) is 0.725. The molecule has 2 rings (SSSR count). The van der Waals surface area contributed by atoms with Crippen LogP contribution in [-0.2, 0) is 9.54 Å². The largest absolute Gasteiger partial charge is 0.352 e. The molecule has 0 radical (unpaired) electrons. The molecular formula is C20H25NOS. The van der Waals surface area contributed by atoms with Gasteiger partial charge in [0.15, 0.2) is 0 Å². The maximum absolute atomic E-state index is 13.1. The summed E-state index contributed by atoms with van der Waals surface area (Å²) in [6.45, 7) is 6.22. The zero-order chi connectivity index (χ0) is 16.7. The molecule has 0 bridgehead atoms. The second-order valence-electron chi connectivity index (χ2n) is 5.74. The minimum atomic E-state index is -0.605. The number of carbonyl (C=O) groups excluding carboxylic acids is 1. The fourth-order valence-corrected chi connectivity index (χ4v) is 3.76. The van der Waals surface area contributed by atoms with Crippen molar-refractivity contribution in [3.63, 3.8) is 0 Å². The predicted octanol–water partition coefficient (Wildman–Crippen LogP) is 5.00. The highest BCUT2D eigenvalue weighted by Crippen LogP contribution is 2.44. The van der Waals surface area contributed by atoms with E-state index in [0.717, 1.165) is 23.3 Å². The molecule has 0 aliphatic carbocycles. The summed E-state index contributed by atoms with van der Waals surface area (Å²) in [6.07, 6.45) is 1.66.